The minimum atomic E-state index is -0.897. The third-order valence-electron chi connectivity index (χ3n) is 3.82. The molecule has 1 aromatic heterocycles. The molecule has 1 N–H and O–H groups in total. The summed E-state index contributed by atoms with van der Waals surface area (Å²) in [5.74, 6) is -1.98. The third-order valence-corrected chi connectivity index (χ3v) is 3.82. The molecule has 0 bridgehead atoms. The van der Waals surface area contributed by atoms with E-state index in [0.717, 1.165) is 11.6 Å². The Morgan fingerprint density at radius 1 is 1.07 bits per heavy atom. The fourth-order valence-corrected chi connectivity index (χ4v) is 2.46. The average molecular weight is 369 g/mol. The van der Waals surface area contributed by atoms with E-state index in [1.165, 1.54) is 12.1 Å². The number of halogens is 1. The molecule has 1 heterocycles. The molecule has 0 fully saturated rings. The smallest absolute Gasteiger partial charge is 0.374 e. The number of para-hydroxylation sites is 1. The van der Waals surface area contributed by atoms with Crippen molar-refractivity contribution in [3.8, 4) is 0 Å². The summed E-state index contributed by atoms with van der Waals surface area (Å²) in [5, 5.41) is 2.95. The largest absolute Gasteiger partial charge is 0.450 e. The van der Waals surface area contributed by atoms with Crippen molar-refractivity contribution in [3.63, 3.8) is 0 Å². The monoisotopic (exact) mass is 369 g/mol. The van der Waals surface area contributed by atoms with Crippen LogP contribution < -0.4 is 10.7 Å². The highest BCUT2D eigenvalue weighted by atomic mass is 19.1. The van der Waals surface area contributed by atoms with E-state index in [0.29, 0.717) is 18.4 Å². The summed E-state index contributed by atoms with van der Waals surface area (Å²) in [5.41, 5.74) is 0.764. The van der Waals surface area contributed by atoms with Crippen molar-refractivity contribution in [2.75, 3.05) is 13.2 Å². The molecular formula is C20H16FNO5. The minimum absolute atomic E-state index is 0.265. The second-order valence-corrected chi connectivity index (χ2v) is 5.77. The molecule has 0 saturated heterocycles. The van der Waals surface area contributed by atoms with Crippen LogP contribution in [0.1, 0.15) is 16.1 Å². The lowest BCUT2D eigenvalue weighted by molar-refractivity contribution is -0.124. The van der Waals surface area contributed by atoms with E-state index in [1.54, 1.807) is 36.4 Å². The molecule has 27 heavy (non-hydrogen) atoms. The van der Waals surface area contributed by atoms with E-state index < -0.39 is 18.5 Å². The molecule has 1 amide bonds. The van der Waals surface area contributed by atoms with Gasteiger partial charge < -0.3 is 14.5 Å². The SMILES string of the molecule is O=C(COC(=O)c1cc(=O)c2ccccc2o1)NCCc1ccc(F)cc1. The van der Waals surface area contributed by atoms with E-state index in [2.05, 4.69) is 5.32 Å². The van der Waals surface area contributed by atoms with E-state index in [9.17, 15) is 18.8 Å². The Morgan fingerprint density at radius 3 is 2.59 bits per heavy atom. The average Bonchev–Trinajstić information content (AvgIpc) is 2.67. The number of carbonyl (C=O) groups is 2. The maximum atomic E-state index is 12.8. The maximum absolute atomic E-state index is 12.8. The van der Waals surface area contributed by atoms with E-state index in [-0.39, 0.29) is 22.6 Å². The highest BCUT2D eigenvalue weighted by Gasteiger charge is 2.15. The lowest BCUT2D eigenvalue weighted by Crippen LogP contribution is -2.30. The lowest BCUT2D eigenvalue weighted by atomic mass is 10.1. The van der Waals surface area contributed by atoms with Crippen molar-refractivity contribution < 1.29 is 23.1 Å². The van der Waals surface area contributed by atoms with Crippen molar-refractivity contribution in [2.45, 2.75) is 6.42 Å². The van der Waals surface area contributed by atoms with Crippen LogP contribution >= 0.6 is 0 Å². The molecule has 2 aromatic carbocycles. The van der Waals surface area contributed by atoms with Gasteiger partial charge in [0.2, 0.25) is 5.76 Å². The Hall–Kier alpha value is -3.48. The lowest BCUT2D eigenvalue weighted by Gasteiger charge is -2.07. The quantitative estimate of drug-likeness (QED) is 0.675. The molecular weight excluding hydrogens is 353 g/mol. The fourth-order valence-electron chi connectivity index (χ4n) is 2.46. The summed E-state index contributed by atoms with van der Waals surface area (Å²) >= 11 is 0. The van der Waals surface area contributed by atoms with Gasteiger partial charge in [-0.3, -0.25) is 9.59 Å². The normalized spacial score (nSPS) is 10.6. The van der Waals surface area contributed by atoms with Gasteiger partial charge in [-0.05, 0) is 36.2 Å². The van der Waals surface area contributed by atoms with E-state index >= 15 is 0 Å². The Kier molecular flexibility index (Phi) is 5.61. The van der Waals surface area contributed by atoms with Gasteiger partial charge in [-0.1, -0.05) is 24.3 Å². The third kappa shape index (κ3) is 4.78. The van der Waals surface area contributed by atoms with Gasteiger partial charge >= 0.3 is 5.97 Å². The van der Waals surface area contributed by atoms with Gasteiger partial charge in [0.1, 0.15) is 11.4 Å². The zero-order valence-corrected chi connectivity index (χ0v) is 14.2. The molecule has 6 nitrogen and oxygen atoms in total. The second-order valence-electron chi connectivity index (χ2n) is 5.77. The molecule has 0 aliphatic rings. The standard InChI is InChI=1S/C20H16FNO5/c21-14-7-5-13(6-8-14)9-10-22-19(24)12-26-20(25)18-11-16(23)15-3-1-2-4-17(15)27-18/h1-8,11H,9-10,12H2,(H,22,24). The van der Waals surface area contributed by atoms with Gasteiger partial charge in [0.15, 0.2) is 12.0 Å². The van der Waals surface area contributed by atoms with Gasteiger partial charge in [0.25, 0.3) is 5.91 Å². The first-order valence-electron chi connectivity index (χ1n) is 8.24. The van der Waals surface area contributed by atoms with Crippen molar-refractivity contribution in [2.24, 2.45) is 0 Å². The number of ether oxygens (including phenoxy) is 1. The predicted molar refractivity (Wildman–Crippen MR) is 95.9 cm³/mol. The molecule has 0 saturated carbocycles. The van der Waals surface area contributed by atoms with Crippen LogP contribution in [-0.2, 0) is 16.0 Å². The molecule has 0 aliphatic heterocycles. The highest BCUT2D eigenvalue weighted by molar-refractivity contribution is 5.90. The summed E-state index contributed by atoms with van der Waals surface area (Å²) in [6.07, 6.45) is 0.513. The highest BCUT2D eigenvalue weighted by Crippen LogP contribution is 2.12. The zero-order chi connectivity index (χ0) is 19.2. The van der Waals surface area contributed by atoms with E-state index in [4.69, 9.17) is 9.15 Å². The number of carbonyl (C=O) groups excluding carboxylic acids is 2. The first kappa shape index (κ1) is 18.3. The van der Waals surface area contributed by atoms with Crippen molar-refractivity contribution >= 4 is 22.8 Å². The van der Waals surface area contributed by atoms with Gasteiger partial charge in [0.05, 0.1) is 5.39 Å². The number of hydrogen-bond acceptors (Lipinski definition) is 5. The molecule has 0 atom stereocenters. The van der Waals surface area contributed by atoms with Crippen LogP contribution in [0.5, 0.6) is 0 Å². The topological polar surface area (TPSA) is 85.6 Å². The number of esters is 1. The summed E-state index contributed by atoms with van der Waals surface area (Å²) < 4.78 is 23.0. The number of rotatable bonds is 6. The Labute approximate surface area is 153 Å². The summed E-state index contributed by atoms with van der Waals surface area (Å²) in [7, 11) is 0. The van der Waals surface area contributed by atoms with E-state index in [1.807, 2.05) is 0 Å². The molecule has 3 rings (SSSR count). The summed E-state index contributed by atoms with van der Waals surface area (Å²) in [6.45, 7) is -0.189. The van der Waals surface area contributed by atoms with Crippen LogP contribution in [0.15, 0.2) is 63.8 Å². The number of amides is 1. The first-order valence-corrected chi connectivity index (χ1v) is 8.24. The van der Waals surface area contributed by atoms with Crippen LogP contribution in [0.25, 0.3) is 11.0 Å². The van der Waals surface area contributed by atoms with Crippen LogP contribution in [0.3, 0.4) is 0 Å². The molecule has 0 unspecified atom stereocenters. The molecule has 138 valence electrons. The fraction of sp³-hybridized carbons (Fsp3) is 0.150. The van der Waals surface area contributed by atoms with Crippen LogP contribution in [0, 0.1) is 5.82 Å². The maximum Gasteiger partial charge on any atom is 0.374 e. The number of nitrogens with one attached hydrogen (secondary N) is 1. The Morgan fingerprint density at radius 2 is 1.81 bits per heavy atom. The summed E-state index contributed by atoms with van der Waals surface area (Å²) in [6, 6.07) is 13.5. The number of benzene rings is 2. The minimum Gasteiger partial charge on any atom is -0.450 e. The van der Waals surface area contributed by atoms with Crippen molar-refractivity contribution in [1.29, 1.82) is 0 Å². The molecule has 3 aromatic rings. The summed E-state index contributed by atoms with van der Waals surface area (Å²) in [4.78, 5) is 35.7. The zero-order valence-electron chi connectivity index (χ0n) is 14.2. The Bertz CT molecular complexity index is 1030. The second kappa shape index (κ2) is 8.27. The van der Waals surface area contributed by atoms with Crippen LogP contribution in [0.4, 0.5) is 4.39 Å². The molecule has 0 radical (unpaired) electrons. The van der Waals surface area contributed by atoms with Gasteiger partial charge in [0, 0.05) is 12.6 Å². The van der Waals surface area contributed by atoms with Crippen molar-refractivity contribution in [3.05, 3.63) is 82.0 Å². The van der Waals surface area contributed by atoms with Gasteiger partial charge in [-0.2, -0.15) is 0 Å². The van der Waals surface area contributed by atoms with Crippen LogP contribution in [-0.4, -0.2) is 25.0 Å². The van der Waals surface area contributed by atoms with Crippen molar-refractivity contribution in [1.82, 2.24) is 5.32 Å². The Balaban J connectivity index is 1.50. The molecule has 0 aliphatic carbocycles. The number of hydrogen-bond donors (Lipinski definition) is 1. The van der Waals surface area contributed by atoms with Crippen LogP contribution in [0.2, 0.25) is 0 Å². The van der Waals surface area contributed by atoms with Gasteiger partial charge in [-0.25, -0.2) is 9.18 Å². The molecule has 0 spiro atoms. The predicted octanol–water partition coefficient (Wildman–Crippen LogP) is 2.45. The number of fused-ring (bicyclic) bond motifs is 1. The van der Waals surface area contributed by atoms with Gasteiger partial charge in [-0.15, -0.1) is 0 Å². The first-order chi connectivity index (χ1) is 13.0. The molecule has 7 heteroatoms.